The minimum atomic E-state index is -4.56. The van der Waals surface area contributed by atoms with Crippen molar-refractivity contribution in [1.82, 2.24) is 15.0 Å². The number of aromatic nitrogens is 3. The summed E-state index contributed by atoms with van der Waals surface area (Å²) in [6.07, 6.45) is 0. The van der Waals surface area contributed by atoms with E-state index in [0.29, 0.717) is 65.4 Å². The molecule has 59 heavy (non-hydrogen) atoms. The van der Waals surface area contributed by atoms with E-state index < -0.39 is 10.1 Å². The maximum atomic E-state index is 12.0. The zero-order chi connectivity index (χ0) is 42.5. The Balaban J connectivity index is 1.69. The van der Waals surface area contributed by atoms with E-state index in [9.17, 15) is 23.2 Å². The first-order chi connectivity index (χ1) is 28.5. The summed E-state index contributed by atoms with van der Waals surface area (Å²) in [5, 5.41) is 48.1. The molecule has 0 fully saturated rings. The standard InChI is InChI=1S/C37H48N12O7S3/c1-7-47(8-2)28-20-24(26(22-30(28)55-5)43-45-33-12-11-18-57-33)38-35-40-36(42-37(41-35)49(14-16-50)15-17-51)39-25-21-29(48(9-3)10-4)31(56-6)23-27(25)44-46-34-32(13-19-58-34)59(52,53)54/h11-13,18-23,50-51H,7-10,14-17H2,1-6H3,(H,52,53,54)(H2,38,39,40,41,42). The van der Waals surface area contributed by atoms with Crippen LogP contribution in [-0.2, 0) is 10.1 Å². The van der Waals surface area contributed by atoms with Crippen LogP contribution in [0.15, 0.2) is 78.6 Å². The number of aliphatic hydroxyl groups is 2. The molecule has 3 aromatic heterocycles. The van der Waals surface area contributed by atoms with E-state index in [1.165, 1.54) is 29.9 Å². The highest BCUT2D eigenvalue weighted by atomic mass is 32.2. The Labute approximate surface area is 350 Å². The third-order valence-electron chi connectivity index (χ3n) is 8.84. The molecule has 5 rings (SSSR count). The van der Waals surface area contributed by atoms with Crippen molar-refractivity contribution in [3.05, 3.63) is 53.2 Å². The Bertz CT molecular complexity index is 2310. The van der Waals surface area contributed by atoms with Crippen molar-refractivity contribution in [1.29, 1.82) is 0 Å². The van der Waals surface area contributed by atoms with Crippen LogP contribution in [0.5, 0.6) is 11.5 Å². The highest BCUT2D eigenvalue weighted by Gasteiger charge is 2.22. The fourth-order valence-corrected chi connectivity index (χ4v) is 8.13. The largest absolute Gasteiger partial charge is 0.494 e. The molecule has 0 spiro atoms. The number of methoxy groups -OCH3 is 2. The quantitative estimate of drug-likeness (QED) is 0.0327. The molecule has 0 aliphatic heterocycles. The van der Waals surface area contributed by atoms with Crippen molar-refractivity contribution in [3.8, 4) is 11.5 Å². The van der Waals surface area contributed by atoms with Gasteiger partial charge in [-0.25, -0.2) is 0 Å². The molecule has 5 N–H and O–H groups in total. The molecule has 0 radical (unpaired) electrons. The van der Waals surface area contributed by atoms with Gasteiger partial charge in [0.05, 0.1) is 50.2 Å². The molecule has 19 nitrogen and oxygen atoms in total. The molecule has 0 atom stereocenters. The molecule has 316 valence electrons. The number of benzene rings is 2. The summed E-state index contributed by atoms with van der Waals surface area (Å²) >= 11 is 2.42. The SMILES string of the molecule is CCN(CC)c1cc(Nc2nc(Nc3cc(N(CC)CC)c(OC)cc3N=Nc3sccc3S(=O)(=O)O)nc(N(CCO)CCO)n2)c(N=Nc2cccs2)cc1OC. The normalized spacial score (nSPS) is 11.7. The van der Waals surface area contributed by atoms with Crippen LogP contribution in [0.25, 0.3) is 0 Å². The smallest absolute Gasteiger partial charge is 0.297 e. The number of ether oxygens (including phenoxy) is 2. The highest BCUT2D eigenvalue weighted by molar-refractivity contribution is 7.86. The average Bonchev–Trinajstić information content (AvgIpc) is 3.94. The summed E-state index contributed by atoms with van der Waals surface area (Å²) in [6.45, 7) is 10.5. The number of hydrogen-bond acceptors (Lipinski definition) is 20. The van der Waals surface area contributed by atoms with Crippen LogP contribution in [0.2, 0.25) is 0 Å². The van der Waals surface area contributed by atoms with Crippen molar-refractivity contribution < 1.29 is 32.7 Å². The third kappa shape index (κ3) is 11.2. The summed E-state index contributed by atoms with van der Waals surface area (Å²) in [7, 11) is -1.44. The predicted molar refractivity (Wildman–Crippen MR) is 233 cm³/mol. The van der Waals surface area contributed by atoms with E-state index in [4.69, 9.17) is 19.4 Å². The van der Waals surface area contributed by atoms with Crippen molar-refractivity contribution in [2.75, 3.05) is 92.0 Å². The van der Waals surface area contributed by atoms with Crippen molar-refractivity contribution in [3.63, 3.8) is 0 Å². The predicted octanol–water partition coefficient (Wildman–Crippen LogP) is 8.06. The molecular formula is C37H48N12O7S3. The fourth-order valence-electron chi connectivity index (χ4n) is 5.93. The average molecular weight is 869 g/mol. The molecule has 5 aromatic rings. The molecule has 0 amide bonds. The molecule has 22 heteroatoms. The van der Waals surface area contributed by atoms with Gasteiger partial charge in [-0.2, -0.15) is 23.4 Å². The van der Waals surface area contributed by atoms with Gasteiger partial charge >= 0.3 is 0 Å². The lowest BCUT2D eigenvalue weighted by atomic mass is 10.2. The Kier molecular flexibility index (Phi) is 15.8. The number of thiophene rings is 2. The lowest BCUT2D eigenvalue weighted by molar-refractivity contribution is 0.280. The summed E-state index contributed by atoms with van der Waals surface area (Å²) in [5.41, 5.74) is 3.03. The van der Waals surface area contributed by atoms with Gasteiger partial charge in [0.2, 0.25) is 17.8 Å². The van der Waals surface area contributed by atoms with Gasteiger partial charge in [-0.3, -0.25) is 4.55 Å². The molecule has 0 aliphatic rings. The van der Waals surface area contributed by atoms with E-state index in [0.717, 1.165) is 17.0 Å². The van der Waals surface area contributed by atoms with Crippen LogP contribution in [0, 0.1) is 0 Å². The number of nitrogens with one attached hydrogen (secondary N) is 2. The molecular weight excluding hydrogens is 821 g/mol. The van der Waals surface area contributed by atoms with E-state index in [1.54, 1.807) is 30.2 Å². The Hall–Kier alpha value is -5.52. The molecule has 0 aliphatic carbocycles. The van der Waals surface area contributed by atoms with Gasteiger partial charge in [0.25, 0.3) is 10.1 Å². The number of nitrogens with zero attached hydrogens (tertiary/aromatic N) is 10. The number of hydrogen-bond donors (Lipinski definition) is 5. The van der Waals surface area contributed by atoms with Gasteiger partial charge in [-0.05, 0) is 68.8 Å². The van der Waals surface area contributed by atoms with Crippen molar-refractivity contribution in [2.24, 2.45) is 20.5 Å². The second-order valence-electron chi connectivity index (χ2n) is 12.3. The minimum Gasteiger partial charge on any atom is -0.494 e. The maximum Gasteiger partial charge on any atom is 0.297 e. The molecule has 0 saturated heterocycles. The molecule has 2 aromatic carbocycles. The summed E-state index contributed by atoms with van der Waals surface area (Å²) < 4.78 is 45.4. The zero-order valence-electron chi connectivity index (χ0n) is 33.5. The summed E-state index contributed by atoms with van der Waals surface area (Å²) in [6, 6.07) is 12.1. The lowest BCUT2D eigenvalue weighted by Gasteiger charge is -2.25. The maximum absolute atomic E-state index is 12.0. The van der Waals surface area contributed by atoms with Crippen molar-refractivity contribution in [2.45, 2.75) is 32.6 Å². The van der Waals surface area contributed by atoms with Crippen LogP contribution in [0.1, 0.15) is 27.7 Å². The van der Waals surface area contributed by atoms with Gasteiger partial charge in [-0.15, -0.1) is 43.1 Å². The van der Waals surface area contributed by atoms with E-state index in [1.807, 2.05) is 51.3 Å². The van der Waals surface area contributed by atoms with Gasteiger partial charge in [0.1, 0.15) is 32.8 Å². The van der Waals surface area contributed by atoms with Gasteiger partial charge in [0, 0.05) is 51.4 Å². The molecule has 0 bridgehead atoms. The van der Waals surface area contributed by atoms with Crippen LogP contribution in [-0.4, -0.2) is 105 Å². The first-order valence-corrected chi connectivity index (χ1v) is 21.8. The Morgan fingerprint density at radius 2 is 1.22 bits per heavy atom. The first kappa shape index (κ1) is 44.6. The zero-order valence-corrected chi connectivity index (χ0v) is 36.0. The minimum absolute atomic E-state index is 0.0292. The van der Waals surface area contributed by atoms with Crippen molar-refractivity contribution >= 4 is 94.8 Å². The van der Waals surface area contributed by atoms with Gasteiger partial charge in [0.15, 0.2) is 5.00 Å². The number of anilines is 7. The molecule has 0 saturated carbocycles. The summed E-state index contributed by atoms with van der Waals surface area (Å²) in [5.74, 6) is 1.31. The van der Waals surface area contributed by atoms with Gasteiger partial charge in [-0.1, -0.05) is 0 Å². The van der Waals surface area contributed by atoms with E-state index in [2.05, 4.69) is 45.9 Å². The number of rotatable bonds is 22. The monoisotopic (exact) mass is 868 g/mol. The van der Waals surface area contributed by atoms with Crippen LogP contribution >= 0.6 is 22.7 Å². The second-order valence-corrected chi connectivity index (χ2v) is 15.5. The Morgan fingerprint density at radius 1 is 0.695 bits per heavy atom. The fraction of sp³-hybridized carbons (Fsp3) is 0.378. The van der Waals surface area contributed by atoms with Gasteiger partial charge < -0.3 is 45.0 Å². The number of azo groups is 2. The van der Waals surface area contributed by atoms with E-state index in [-0.39, 0.29) is 59.7 Å². The van der Waals surface area contributed by atoms with E-state index >= 15 is 0 Å². The summed E-state index contributed by atoms with van der Waals surface area (Å²) in [4.78, 5) is 19.6. The molecule has 0 unspecified atom stereocenters. The second kappa shape index (κ2) is 20.9. The van der Waals surface area contributed by atoms with Crippen LogP contribution in [0.4, 0.5) is 62.0 Å². The highest BCUT2D eigenvalue weighted by Crippen LogP contribution is 2.43. The van der Waals surface area contributed by atoms with Crippen LogP contribution < -0.4 is 34.8 Å². The lowest BCUT2D eigenvalue weighted by Crippen LogP contribution is -2.31. The first-order valence-electron chi connectivity index (χ1n) is 18.6. The molecule has 3 heterocycles. The van der Waals surface area contributed by atoms with Crippen LogP contribution in [0.3, 0.4) is 0 Å². The number of aliphatic hydroxyl groups excluding tert-OH is 2. The topological polar surface area (TPSA) is 235 Å². The third-order valence-corrected chi connectivity index (χ3v) is 11.4. The Morgan fingerprint density at radius 3 is 1.66 bits per heavy atom.